The van der Waals surface area contributed by atoms with E-state index in [4.69, 9.17) is 4.74 Å². The molecular weight excluding hydrogens is 302 g/mol. The second-order valence-corrected chi connectivity index (χ2v) is 7.67. The Bertz CT molecular complexity index is 590. The molecule has 2 atom stereocenters. The molecule has 2 fully saturated rings. The summed E-state index contributed by atoms with van der Waals surface area (Å²) >= 11 is 0. The third-order valence-corrected chi connectivity index (χ3v) is 5.56. The van der Waals surface area contributed by atoms with Crippen molar-refractivity contribution in [3.05, 3.63) is 29.6 Å². The first kappa shape index (κ1) is 17.4. The number of ether oxygens (including phenoxy) is 1. The van der Waals surface area contributed by atoms with Gasteiger partial charge in [-0.3, -0.25) is 14.7 Å². The number of carbonyl (C=O) groups excluding carboxylic acids is 1. The molecule has 2 heterocycles. The molecule has 1 saturated heterocycles. The SMILES string of the molecule is Cc1cccc(CN2C[C@H]3CCC[C@@]3(COCC(=O)N(C)C)C2)n1. The third-order valence-electron chi connectivity index (χ3n) is 5.56. The monoisotopic (exact) mass is 331 g/mol. The highest BCUT2D eigenvalue weighted by Crippen LogP contribution is 2.49. The topological polar surface area (TPSA) is 45.7 Å². The van der Waals surface area contributed by atoms with E-state index >= 15 is 0 Å². The minimum Gasteiger partial charge on any atom is -0.371 e. The molecule has 24 heavy (non-hydrogen) atoms. The maximum atomic E-state index is 11.7. The summed E-state index contributed by atoms with van der Waals surface area (Å²) in [5, 5.41) is 0. The minimum atomic E-state index is 0.0414. The van der Waals surface area contributed by atoms with Crippen molar-refractivity contribution in [1.82, 2.24) is 14.8 Å². The number of aromatic nitrogens is 1. The van der Waals surface area contributed by atoms with Crippen molar-refractivity contribution < 1.29 is 9.53 Å². The Morgan fingerprint density at radius 1 is 1.46 bits per heavy atom. The average Bonchev–Trinajstić information content (AvgIpc) is 3.03. The zero-order valence-electron chi connectivity index (χ0n) is 15.1. The van der Waals surface area contributed by atoms with Crippen molar-refractivity contribution in [2.45, 2.75) is 32.7 Å². The van der Waals surface area contributed by atoms with Crippen LogP contribution in [0.2, 0.25) is 0 Å². The molecule has 1 aliphatic carbocycles. The van der Waals surface area contributed by atoms with E-state index in [1.54, 1.807) is 19.0 Å². The van der Waals surface area contributed by atoms with Crippen molar-refractivity contribution in [1.29, 1.82) is 0 Å². The van der Waals surface area contributed by atoms with Gasteiger partial charge in [0.25, 0.3) is 0 Å². The Morgan fingerprint density at radius 2 is 2.29 bits per heavy atom. The molecule has 0 bridgehead atoms. The molecule has 1 saturated carbocycles. The molecule has 1 aliphatic heterocycles. The lowest BCUT2D eigenvalue weighted by molar-refractivity contribution is -0.135. The number of amides is 1. The van der Waals surface area contributed by atoms with E-state index in [0.717, 1.165) is 31.0 Å². The fraction of sp³-hybridized carbons (Fsp3) is 0.684. The lowest BCUT2D eigenvalue weighted by Crippen LogP contribution is -2.34. The number of pyridine rings is 1. The van der Waals surface area contributed by atoms with Crippen LogP contribution in [0.3, 0.4) is 0 Å². The number of fused-ring (bicyclic) bond motifs is 1. The zero-order chi connectivity index (χ0) is 17.2. The fourth-order valence-electron chi connectivity index (χ4n) is 4.27. The van der Waals surface area contributed by atoms with Crippen LogP contribution >= 0.6 is 0 Å². The van der Waals surface area contributed by atoms with Gasteiger partial charge in [-0.25, -0.2) is 0 Å². The van der Waals surface area contributed by atoms with Crippen LogP contribution in [-0.4, -0.2) is 61.1 Å². The summed E-state index contributed by atoms with van der Waals surface area (Å²) in [4.78, 5) is 20.5. The molecule has 0 radical (unpaired) electrons. The highest BCUT2D eigenvalue weighted by molar-refractivity contribution is 5.76. The predicted molar refractivity (Wildman–Crippen MR) is 93.5 cm³/mol. The van der Waals surface area contributed by atoms with E-state index < -0.39 is 0 Å². The van der Waals surface area contributed by atoms with Gasteiger partial charge in [-0.1, -0.05) is 12.5 Å². The van der Waals surface area contributed by atoms with Gasteiger partial charge in [0.05, 0.1) is 12.3 Å². The minimum absolute atomic E-state index is 0.0414. The largest absolute Gasteiger partial charge is 0.371 e. The molecule has 1 aromatic heterocycles. The van der Waals surface area contributed by atoms with Gasteiger partial charge in [-0.15, -0.1) is 0 Å². The van der Waals surface area contributed by atoms with E-state index in [-0.39, 0.29) is 17.9 Å². The molecule has 5 nitrogen and oxygen atoms in total. The molecule has 0 spiro atoms. The number of likely N-dealkylation sites (tertiary alicyclic amines) is 1. The van der Waals surface area contributed by atoms with Crippen LogP contribution in [0.25, 0.3) is 0 Å². The van der Waals surface area contributed by atoms with Crippen LogP contribution in [-0.2, 0) is 16.1 Å². The van der Waals surface area contributed by atoms with E-state index in [1.807, 2.05) is 13.0 Å². The number of aryl methyl sites for hydroxylation is 1. The van der Waals surface area contributed by atoms with Crippen molar-refractivity contribution in [3.63, 3.8) is 0 Å². The fourth-order valence-corrected chi connectivity index (χ4v) is 4.27. The Morgan fingerprint density at radius 3 is 3.04 bits per heavy atom. The second-order valence-electron chi connectivity index (χ2n) is 7.67. The van der Waals surface area contributed by atoms with Gasteiger partial charge >= 0.3 is 0 Å². The van der Waals surface area contributed by atoms with Crippen LogP contribution in [0, 0.1) is 18.3 Å². The van der Waals surface area contributed by atoms with Crippen LogP contribution in [0.4, 0.5) is 0 Å². The number of likely N-dealkylation sites (N-methyl/N-ethyl adjacent to an activating group) is 1. The lowest BCUT2D eigenvalue weighted by atomic mass is 9.81. The second kappa shape index (κ2) is 7.19. The van der Waals surface area contributed by atoms with Gasteiger partial charge in [-0.2, -0.15) is 0 Å². The molecule has 2 aliphatic rings. The van der Waals surface area contributed by atoms with Gasteiger partial charge in [0.15, 0.2) is 0 Å². The summed E-state index contributed by atoms with van der Waals surface area (Å²) < 4.78 is 5.83. The Balaban J connectivity index is 1.58. The van der Waals surface area contributed by atoms with Gasteiger partial charge in [0.1, 0.15) is 6.61 Å². The van der Waals surface area contributed by atoms with Crippen LogP contribution < -0.4 is 0 Å². The van der Waals surface area contributed by atoms with E-state index in [0.29, 0.717) is 12.5 Å². The number of carbonyl (C=O) groups is 1. The normalized spacial score (nSPS) is 26.5. The predicted octanol–water partition coefficient (Wildman–Crippen LogP) is 2.10. The lowest BCUT2D eigenvalue weighted by Gasteiger charge is -2.29. The van der Waals surface area contributed by atoms with Crippen LogP contribution in [0.5, 0.6) is 0 Å². The molecule has 1 aromatic rings. The Labute approximate surface area is 145 Å². The summed E-state index contributed by atoms with van der Waals surface area (Å²) in [5.74, 6) is 0.733. The number of hydrogen-bond donors (Lipinski definition) is 0. The molecule has 0 unspecified atom stereocenters. The average molecular weight is 331 g/mol. The summed E-state index contributed by atoms with van der Waals surface area (Å²) in [6.45, 7) is 6.04. The number of nitrogens with zero attached hydrogens (tertiary/aromatic N) is 3. The Hall–Kier alpha value is -1.46. The highest BCUT2D eigenvalue weighted by atomic mass is 16.5. The van der Waals surface area contributed by atoms with Crippen molar-refractivity contribution >= 4 is 5.91 Å². The van der Waals surface area contributed by atoms with Gasteiger partial charge in [-0.05, 0) is 37.8 Å². The molecule has 5 heteroatoms. The molecule has 0 N–H and O–H groups in total. The molecular formula is C19H29N3O2. The van der Waals surface area contributed by atoms with Crippen LogP contribution in [0.15, 0.2) is 18.2 Å². The standard InChI is InChI=1S/C19H29N3O2/c1-15-6-4-8-17(20-15)11-22-10-16-7-5-9-19(16,13-22)14-24-12-18(23)21(2)3/h4,6,8,16H,5,7,9-14H2,1-3H3/t16-,19+/m1/s1. The third kappa shape index (κ3) is 3.78. The maximum Gasteiger partial charge on any atom is 0.248 e. The zero-order valence-corrected chi connectivity index (χ0v) is 15.1. The summed E-state index contributed by atoms with van der Waals surface area (Å²) in [5.41, 5.74) is 2.46. The first-order valence-electron chi connectivity index (χ1n) is 8.91. The van der Waals surface area contributed by atoms with E-state index in [2.05, 4.69) is 22.0 Å². The van der Waals surface area contributed by atoms with E-state index in [1.165, 1.54) is 19.3 Å². The van der Waals surface area contributed by atoms with Crippen molar-refractivity contribution in [2.24, 2.45) is 11.3 Å². The Kier molecular flexibility index (Phi) is 5.21. The smallest absolute Gasteiger partial charge is 0.248 e. The van der Waals surface area contributed by atoms with Gasteiger partial charge in [0.2, 0.25) is 5.91 Å². The summed E-state index contributed by atoms with van der Waals surface area (Å²) in [6, 6.07) is 6.24. The maximum absolute atomic E-state index is 11.7. The first-order valence-corrected chi connectivity index (χ1v) is 8.91. The quantitative estimate of drug-likeness (QED) is 0.801. The summed E-state index contributed by atoms with van der Waals surface area (Å²) in [7, 11) is 3.54. The van der Waals surface area contributed by atoms with Crippen molar-refractivity contribution in [3.8, 4) is 0 Å². The van der Waals surface area contributed by atoms with Gasteiger partial charge < -0.3 is 9.64 Å². The van der Waals surface area contributed by atoms with Crippen molar-refractivity contribution in [2.75, 3.05) is 40.4 Å². The molecule has 132 valence electrons. The molecule has 1 amide bonds. The van der Waals surface area contributed by atoms with Crippen LogP contribution in [0.1, 0.15) is 30.7 Å². The summed E-state index contributed by atoms with van der Waals surface area (Å²) in [6.07, 6.45) is 3.78. The van der Waals surface area contributed by atoms with E-state index in [9.17, 15) is 4.79 Å². The highest BCUT2D eigenvalue weighted by Gasteiger charge is 2.49. The van der Waals surface area contributed by atoms with Gasteiger partial charge in [0, 0.05) is 44.8 Å². The number of rotatable bonds is 6. The molecule has 0 aromatic carbocycles. The first-order chi connectivity index (χ1) is 11.5. The molecule has 3 rings (SSSR count). The number of hydrogen-bond acceptors (Lipinski definition) is 4.